The van der Waals surface area contributed by atoms with Gasteiger partial charge >= 0.3 is 0 Å². The van der Waals surface area contributed by atoms with Crippen LogP contribution in [-0.2, 0) is 0 Å². The summed E-state index contributed by atoms with van der Waals surface area (Å²) in [5.41, 5.74) is 1.52. The molecule has 0 radical (unpaired) electrons. The van der Waals surface area contributed by atoms with Gasteiger partial charge in [0.25, 0.3) is 5.91 Å². The number of phenols is 1. The molecule has 0 saturated carbocycles. The van der Waals surface area contributed by atoms with Crippen molar-refractivity contribution in [3.8, 4) is 11.5 Å². The van der Waals surface area contributed by atoms with Crippen LogP contribution in [0.5, 0.6) is 11.5 Å². The molecule has 1 amide bonds. The Balaban J connectivity index is 2.28. The number of carbonyl (C=O) groups is 1. The lowest BCUT2D eigenvalue weighted by molar-refractivity contribution is 0.102. The van der Waals surface area contributed by atoms with Gasteiger partial charge in [0.1, 0.15) is 5.75 Å². The van der Waals surface area contributed by atoms with Gasteiger partial charge in [-0.2, -0.15) is 0 Å². The summed E-state index contributed by atoms with van der Waals surface area (Å²) < 4.78 is 5.32. The molecular formula is C16H15Cl2NO3. The molecular weight excluding hydrogens is 325 g/mol. The highest BCUT2D eigenvalue weighted by atomic mass is 35.5. The number of rotatable bonds is 4. The standard InChI is InChI=1S/C16H15Cl2NO3/c1-3-22-15-11(17)7-10(8-12(15)18)16(21)19-13-6-9(2)4-5-14(13)20/h4-8,20H,3H2,1-2H3,(H,19,21). The average Bonchev–Trinajstić information content (AvgIpc) is 2.46. The smallest absolute Gasteiger partial charge is 0.255 e. The maximum atomic E-state index is 12.3. The van der Waals surface area contributed by atoms with Crippen LogP contribution in [0.2, 0.25) is 10.0 Å². The van der Waals surface area contributed by atoms with Gasteiger partial charge in [-0.05, 0) is 43.7 Å². The summed E-state index contributed by atoms with van der Waals surface area (Å²) in [6, 6.07) is 7.88. The Morgan fingerprint density at radius 1 is 1.23 bits per heavy atom. The highest BCUT2D eigenvalue weighted by Gasteiger charge is 2.15. The lowest BCUT2D eigenvalue weighted by atomic mass is 10.1. The lowest BCUT2D eigenvalue weighted by Crippen LogP contribution is -2.12. The summed E-state index contributed by atoms with van der Waals surface area (Å²) in [6.07, 6.45) is 0. The number of carbonyl (C=O) groups excluding carboxylic acids is 1. The molecule has 2 aromatic rings. The van der Waals surface area contributed by atoms with E-state index in [-0.39, 0.29) is 21.4 Å². The van der Waals surface area contributed by atoms with Gasteiger partial charge in [0.15, 0.2) is 5.75 Å². The summed E-state index contributed by atoms with van der Waals surface area (Å²) in [6.45, 7) is 4.09. The van der Waals surface area contributed by atoms with E-state index in [9.17, 15) is 9.90 Å². The summed E-state index contributed by atoms with van der Waals surface area (Å²) in [5.74, 6) is -0.0874. The van der Waals surface area contributed by atoms with Gasteiger partial charge in [0.2, 0.25) is 0 Å². The quantitative estimate of drug-likeness (QED) is 0.796. The Labute approximate surface area is 138 Å². The first-order chi connectivity index (χ1) is 10.4. The van der Waals surface area contributed by atoms with Gasteiger partial charge in [-0.1, -0.05) is 29.3 Å². The van der Waals surface area contributed by atoms with E-state index in [4.69, 9.17) is 27.9 Å². The lowest BCUT2D eigenvalue weighted by Gasteiger charge is -2.11. The minimum atomic E-state index is -0.423. The third-order valence-corrected chi connectivity index (χ3v) is 3.51. The van der Waals surface area contributed by atoms with Crippen molar-refractivity contribution in [1.82, 2.24) is 0 Å². The third-order valence-electron chi connectivity index (χ3n) is 2.95. The molecule has 0 aliphatic carbocycles. The molecule has 0 aromatic heterocycles. The number of hydrogen-bond donors (Lipinski definition) is 2. The number of amides is 1. The Morgan fingerprint density at radius 3 is 2.45 bits per heavy atom. The first-order valence-electron chi connectivity index (χ1n) is 6.65. The van der Waals surface area contributed by atoms with E-state index >= 15 is 0 Å². The number of anilines is 1. The van der Waals surface area contributed by atoms with Gasteiger partial charge in [-0.15, -0.1) is 0 Å². The van der Waals surface area contributed by atoms with E-state index in [0.29, 0.717) is 18.0 Å². The highest BCUT2D eigenvalue weighted by Crippen LogP contribution is 2.34. The van der Waals surface area contributed by atoms with E-state index in [1.807, 2.05) is 13.8 Å². The Hall–Kier alpha value is -1.91. The number of benzene rings is 2. The van der Waals surface area contributed by atoms with Crippen LogP contribution in [-0.4, -0.2) is 17.6 Å². The molecule has 0 aliphatic rings. The monoisotopic (exact) mass is 339 g/mol. The molecule has 0 aliphatic heterocycles. The van der Waals surface area contributed by atoms with Crippen molar-refractivity contribution in [3.63, 3.8) is 0 Å². The highest BCUT2D eigenvalue weighted by molar-refractivity contribution is 6.37. The molecule has 6 heteroatoms. The molecule has 0 saturated heterocycles. The number of halogens is 2. The zero-order valence-electron chi connectivity index (χ0n) is 12.1. The minimum Gasteiger partial charge on any atom is -0.506 e. The van der Waals surface area contributed by atoms with E-state index in [1.54, 1.807) is 12.1 Å². The summed E-state index contributed by atoms with van der Waals surface area (Å²) in [4.78, 5) is 12.3. The number of ether oxygens (including phenoxy) is 1. The van der Waals surface area contributed by atoms with Crippen molar-refractivity contribution in [1.29, 1.82) is 0 Å². The van der Waals surface area contributed by atoms with Crippen molar-refractivity contribution >= 4 is 34.8 Å². The summed E-state index contributed by atoms with van der Waals surface area (Å²) in [5, 5.41) is 12.9. The van der Waals surface area contributed by atoms with E-state index in [1.165, 1.54) is 18.2 Å². The van der Waals surface area contributed by atoms with Crippen LogP contribution in [0.25, 0.3) is 0 Å². The van der Waals surface area contributed by atoms with Crippen molar-refractivity contribution in [2.24, 2.45) is 0 Å². The topological polar surface area (TPSA) is 58.6 Å². The molecule has 116 valence electrons. The zero-order chi connectivity index (χ0) is 16.3. The first-order valence-corrected chi connectivity index (χ1v) is 7.40. The fraction of sp³-hybridized carbons (Fsp3) is 0.188. The molecule has 0 heterocycles. The number of aryl methyl sites for hydroxylation is 1. The molecule has 2 N–H and O–H groups in total. The molecule has 4 nitrogen and oxygen atoms in total. The molecule has 2 aromatic carbocycles. The largest absolute Gasteiger partial charge is 0.506 e. The van der Waals surface area contributed by atoms with Crippen LogP contribution in [0.3, 0.4) is 0 Å². The fourth-order valence-corrected chi connectivity index (χ4v) is 2.51. The molecule has 22 heavy (non-hydrogen) atoms. The molecule has 2 rings (SSSR count). The van der Waals surface area contributed by atoms with Gasteiger partial charge in [-0.25, -0.2) is 0 Å². The molecule has 0 fully saturated rings. The van der Waals surface area contributed by atoms with E-state index in [2.05, 4.69) is 5.32 Å². The maximum absolute atomic E-state index is 12.3. The molecule has 0 spiro atoms. The number of hydrogen-bond acceptors (Lipinski definition) is 3. The van der Waals surface area contributed by atoms with Crippen LogP contribution in [0.1, 0.15) is 22.8 Å². The number of phenolic OH excluding ortho intramolecular Hbond substituents is 1. The van der Waals surface area contributed by atoms with Crippen molar-refractivity contribution in [3.05, 3.63) is 51.5 Å². The number of nitrogens with one attached hydrogen (secondary N) is 1. The van der Waals surface area contributed by atoms with Crippen molar-refractivity contribution in [2.75, 3.05) is 11.9 Å². The zero-order valence-corrected chi connectivity index (χ0v) is 13.6. The second-order valence-corrected chi connectivity index (χ2v) is 5.49. The Bertz CT molecular complexity index is 694. The molecule has 0 unspecified atom stereocenters. The summed E-state index contributed by atoms with van der Waals surface area (Å²) >= 11 is 12.2. The van der Waals surface area contributed by atoms with Crippen molar-refractivity contribution in [2.45, 2.75) is 13.8 Å². The van der Waals surface area contributed by atoms with Gasteiger partial charge in [0.05, 0.1) is 22.3 Å². The van der Waals surface area contributed by atoms with Crippen LogP contribution in [0, 0.1) is 6.92 Å². The van der Waals surface area contributed by atoms with E-state index < -0.39 is 5.91 Å². The van der Waals surface area contributed by atoms with Gasteiger partial charge < -0.3 is 15.2 Å². The average molecular weight is 340 g/mol. The van der Waals surface area contributed by atoms with Crippen LogP contribution in [0.15, 0.2) is 30.3 Å². The predicted octanol–water partition coefficient (Wildman–Crippen LogP) is 4.66. The van der Waals surface area contributed by atoms with Crippen molar-refractivity contribution < 1.29 is 14.6 Å². The van der Waals surface area contributed by atoms with E-state index in [0.717, 1.165) is 5.56 Å². The molecule has 0 atom stereocenters. The van der Waals surface area contributed by atoms with Crippen LogP contribution >= 0.6 is 23.2 Å². The summed E-state index contributed by atoms with van der Waals surface area (Å²) in [7, 11) is 0. The van der Waals surface area contributed by atoms with Crippen LogP contribution in [0.4, 0.5) is 5.69 Å². The Kier molecular flexibility index (Phi) is 5.16. The SMILES string of the molecule is CCOc1c(Cl)cc(C(=O)Nc2cc(C)ccc2O)cc1Cl. The minimum absolute atomic E-state index is 0.0120. The second kappa shape index (κ2) is 6.90. The van der Waals surface area contributed by atoms with Crippen LogP contribution < -0.4 is 10.1 Å². The predicted molar refractivity (Wildman–Crippen MR) is 88.4 cm³/mol. The Morgan fingerprint density at radius 2 is 1.86 bits per heavy atom. The third kappa shape index (κ3) is 3.64. The number of aromatic hydroxyl groups is 1. The van der Waals surface area contributed by atoms with Gasteiger partial charge in [-0.3, -0.25) is 4.79 Å². The molecule has 0 bridgehead atoms. The normalized spacial score (nSPS) is 10.4. The first kappa shape index (κ1) is 16.5. The van der Waals surface area contributed by atoms with Gasteiger partial charge in [0, 0.05) is 5.56 Å². The second-order valence-electron chi connectivity index (χ2n) is 4.68. The maximum Gasteiger partial charge on any atom is 0.255 e. The fourth-order valence-electron chi connectivity index (χ4n) is 1.92.